The highest BCUT2D eigenvalue weighted by molar-refractivity contribution is 5.94. The summed E-state index contributed by atoms with van der Waals surface area (Å²) in [5.74, 6) is 2.05. The maximum absolute atomic E-state index is 10.7. The van der Waals surface area contributed by atoms with Crippen LogP contribution in [0.3, 0.4) is 0 Å². The van der Waals surface area contributed by atoms with Gasteiger partial charge in [0.2, 0.25) is 5.75 Å². The van der Waals surface area contributed by atoms with Gasteiger partial charge in [0, 0.05) is 43.5 Å². The maximum atomic E-state index is 10.7. The molecule has 0 heterocycles. The Kier molecular flexibility index (Phi) is 6.81. The fraction of sp³-hybridized carbons (Fsp3) is 0.278. The molecule has 0 saturated carbocycles. The molecule has 0 radical (unpaired) electrons. The van der Waals surface area contributed by atoms with Gasteiger partial charge in [0.05, 0.1) is 26.3 Å². The van der Waals surface area contributed by atoms with Crippen molar-refractivity contribution in [2.75, 3.05) is 33.7 Å². The van der Waals surface area contributed by atoms with Crippen molar-refractivity contribution in [3.63, 3.8) is 0 Å². The van der Waals surface area contributed by atoms with Crippen molar-refractivity contribution < 1.29 is 19.1 Å². The number of non-ortho nitro benzene ring substituents is 1. The van der Waals surface area contributed by atoms with Crippen LogP contribution in [0.25, 0.3) is 0 Å². The lowest BCUT2D eigenvalue weighted by atomic mass is 10.2. The number of guanidine groups is 1. The normalized spacial score (nSPS) is 10.9. The van der Waals surface area contributed by atoms with Gasteiger partial charge in [-0.1, -0.05) is 12.1 Å². The van der Waals surface area contributed by atoms with E-state index in [0.717, 1.165) is 5.56 Å². The molecule has 0 fully saturated rings. The van der Waals surface area contributed by atoms with Crippen LogP contribution in [-0.4, -0.2) is 39.3 Å². The molecule has 2 aromatic rings. The number of anilines is 1. The van der Waals surface area contributed by atoms with Crippen LogP contribution in [0.5, 0.6) is 17.2 Å². The van der Waals surface area contributed by atoms with E-state index in [1.165, 1.54) is 19.2 Å². The standard InChI is InChI=1S/C18H22N4O5/c1-19-18(20-11-12-5-7-14(8-6-12)22(23)24)21-13-9-15(25-2)17(27-4)16(10-13)26-3/h5-10H,11H2,1-4H3,(H2,19,20,21). The molecule has 0 amide bonds. The fourth-order valence-electron chi connectivity index (χ4n) is 2.39. The van der Waals surface area contributed by atoms with E-state index < -0.39 is 4.92 Å². The second kappa shape index (κ2) is 9.27. The molecule has 2 N–H and O–H groups in total. The third kappa shape index (κ3) is 5.00. The SMILES string of the molecule is CN=C(NCc1ccc([N+](=O)[O-])cc1)Nc1cc(OC)c(OC)c(OC)c1. The topological polar surface area (TPSA) is 107 Å². The van der Waals surface area contributed by atoms with Gasteiger partial charge in [-0.3, -0.25) is 15.1 Å². The Labute approximate surface area is 157 Å². The molecule has 144 valence electrons. The van der Waals surface area contributed by atoms with E-state index >= 15 is 0 Å². The molecule has 0 saturated heterocycles. The number of nitro benzene ring substituents is 1. The molecule has 0 bridgehead atoms. The Morgan fingerprint density at radius 1 is 1.07 bits per heavy atom. The van der Waals surface area contributed by atoms with E-state index in [9.17, 15) is 10.1 Å². The van der Waals surface area contributed by atoms with Crippen molar-refractivity contribution in [2.45, 2.75) is 6.54 Å². The first-order valence-corrected chi connectivity index (χ1v) is 8.03. The predicted octanol–water partition coefficient (Wildman–Crippen LogP) is 2.81. The van der Waals surface area contributed by atoms with Crippen LogP contribution in [0.2, 0.25) is 0 Å². The zero-order valence-electron chi connectivity index (χ0n) is 15.6. The lowest BCUT2D eigenvalue weighted by Gasteiger charge is -2.16. The number of rotatable bonds is 7. The van der Waals surface area contributed by atoms with Gasteiger partial charge in [-0.05, 0) is 5.56 Å². The zero-order valence-corrected chi connectivity index (χ0v) is 15.6. The molecule has 0 atom stereocenters. The smallest absolute Gasteiger partial charge is 0.269 e. The molecular formula is C18H22N4O5. The van der Waals surface area contributed by atoms with Gasteiger partial charge in [0.1, 0.15) is 0 Å². The summed E-state index contributed by atoms with van der Waals surface area (Å²) in [4.78, 5) is 14.5. The van der Waals surface area contributed by atoms with Gasteiger partial charge in [0.15, 0.2) is 17.5 Å². The zero-order chi connectivity index (χ0) is 19.8. The van der Waals surface area contributed by atoms with Crippen LogP contribution < -0.4 is 24.8 Å². The van der Waals surface area contributed by atoms with Gasteiger partial charge >= 0.3 is 0 Å². The van der Waals surface area contributed by atoms with E-state index in [1.807, 2.05) is 0 Å². The number of hydrogen-bond donors (Lipinski definition) is 2. The number of ether oxygens (including phenoxy) is 3. The number of nitro groups is 1. The Balaban J connectivity index is 2.09. The number of benzene rings is 2. The number of aliphatic imine (C=N–C) groups is 1. The predicted molar refractivity (Wildman–Crippen MR) is 103 cm³/mol. The van der Waals surface area contributed by atoms with Crippen molar-refractivity contribution in [1.29, 1.82) is 0 Å². The minimum atomic E-state index is -0.428. The van der Waals surface area contributed by atoms with Crippen molar-refractivity contribution in [3.8, 4) is 17.2 Å². The second-order valence-electron chi connectivity index (χ2n) is 5.39. The first-order valence-electron chi connectivity index (χ1n) is 8.03. The van der Waals surface area contributed by atoms with E-state index in [-0.39, 0.29) is 5.69 Å². The first kappa shape index (κ1) is 19.8. The van der Waals surface area contributed by atoms with Crippen LogP contribution in [-0.2, 0) is 6.54 Å². The number of nitrogens with one attached hydrogen (secondary N) is 2. The van der Waals surface area contributed by atoms with E-state index in [2.05, 4.69) is 15.6 Å². The molecule has 2 aromatic carbocycles. The molecule has 0 unspecified atom stereocenters. The summed E-state index contributed by atoms with van der Waals surface area (Å²) >= 11 is 0. The quantitative estimate of drug-likeness (QED) is 0.332. The molecule has 0 spiro atoms. The second-order valence-corrected chi connectivity index (χ2v) is 5.39. The van der Waals surface area contributed by atoms with Crippen molar-refractivity contribution in [2.24, 2.45) is 4.99 Å². The van der Waals surface area contributed by atoms with Crippen LogP contribution in [0.15, 0.2) is 41.4 Å². The fourth-order valence-corrected chi connectivity index (χ4v) is 2.39. The average molecular weight is 374 g/mol. The molecule has 0 aromatic heterocycles. The molecular weight excluding hydrogens is 352 g/mol. The number of methoxy groups -OCH3 is 3. The molecule has 0 aliphatic carbocycles. The monoisotopic (exact) mass is 374 g/mol. The summed E-state index contributed by atoms with van der Waals surface area (Å²) in [7, 11) is 6.27. The number of hydrogen-bond acceptors (Lipinski definition) is 6. The Bertz CT molecular complexity index is 796. The van der Waals surface area contributed by atoms with E-state index in [1.54, 1.807) is 45.5 Å². The molecule has 0 aliphatic rings. The van der Waals surface area contributed by atoms with Crippen LogP contribution in [0, 0.1) is 10.1 Å². The van der Waals surface area contributed by atoms with Crippen molar-refractivity contribution in [1.82, 2.24) is 5.32 Å². The third-order valence-electron chi connectivity index (χ3n) is 3.76. The molecule has 2 rings (SSSR count). The van der Waals surface area contributed by atoms with Gasteiger partial charge in [-0.2, -0.15) is 0 Å². The minimum absolute atomic E-state index is 0.0543. The van der Waals surface area contributed by atoms with Gasteiger partial charge in [-0.25, -0.2) is 0 Å². The number of nitrogens with zero attached hydrogens (tertiary/aromatic N) is 2. The maximum Gasteiger partial charge on any atom is 0.269 e. The first-order chi connectivity index (χ1) is 13.0. The van der Waals surface area contributed by atoms with E-state index in [4.69, 9.17) is 14.2 Å². The Hall–Kier alpha value is -3.49. The summed E-state index contributed by atoms with van der Waals surface area (Å²) in [6.45, 7) is 0.447. The summed E-state index contributed by atoms with van der Waals surface area (Å²) in [6.07, 6.45) is 0. The Morgan fingerprint density at radius 2 is 1.67 bits per heavy atom. The highest BCUT2D eigenvalue weighted by Gasteiger charge is 2.14. The highest BCUT2D eigenvalue weighted by atomic mass is 16.6. The largest absolute Gasteiger partial charge is 0.493 e. The van der Waals surface area contributed by atoms with E-state index in [0.29, 0.717) is 35.4 Å². The summed E-state index contributed by atoms with van der Waals surface area (Å²) < 4.78 is 16.0. The molecule has 27 heavy (non-hydrogen) atoms. The average Bonchev–Trinajstić information content (AvgIpc) is 2.70. The Morgan fingerprint density at radius 3 is 2.11 bits per heavy atom. The summed E-state index contributed by atoms with van der Waals surface area (Å²) in [5.41, 5.74) is 1.63. The van der Waals surface area contributed by atoms with Crippen LogP contribution in [0.4, 0.5) is 11.4 Å². The lowest BCUT2D eigenvalue weighted by Crippen LogP contribution is -2.30. The highest BCUT2D eigenvalue weighted by Crippen LogP contribution is 2.39. The summed E-state index contributed by atoms with van der Waals surface area (Å²) in [6, 6.07) is 9.84. The van der Waals surface area contributed by atoms with Gasteiger partial charge in [-0.15, -0.1) is 0 Å². The van der Waals surface area contributed by atoms with Crippen LogP contribution in [0.1, 0.15) is 5.56 Å². The summed E-state index contributed by atoms with van der Waals surface area (Å²) in [5, 5.41) is 17.0. The molecule has 9 nitrogen and oxygen atoms in total. The third-order valence-corrected chi connectivity index (χ3v) is 3.76. The van der Waals surface area contributed by atoms with Gasteiger partial charge in [0.25, 0.3) is 5.69 Å². The lowest BCUT2D eigenvalue weighted by molar-refractivity contribution is -0.384. The van der Waals surface area contributed by atoms with Crippen LogP contribution >= 0.6 is 0 Å². The molecule has 0 aliphatic heterocycles. The molecule has 9 heteroatoms. The van der Waals surface area contributed by atoms with Gasteiger partial charge < -0.3 is 24.8 Å². The van der Waals surface area contributed by atoms with Crippen molar-refractivity contribution >= 4 is 17.3 Å². The van der Waals surface area contributed by atoms with Crippen molar-refractivity contribution in [3.05, 3.63) is 52.1 Å². The minimum Gasteiger partial charge on any atom is -0.493 e.